The summed E-state index contributed by atoms with van der Waals surface area (Å²) in [6.07, 6.45) is 5.47. The van der Waals surface area contributed by atoms with E-state index in [9.17, 15) is 0 Å². The first-order valence-electron chi connectivity index (χ1n) is 10.5. The zero-order valence-corrected chi connectivity index (χ0v) is 18.6. The highest BCUT2D eigenvalue weighted by Crippen LogP contribution is 2.44. The molecular formula is C23H23N5S2. The monoisotopic (exact) mass is 433 g/mol. The zero-order valence-electron chi connectivity index (χ0n) is 16.9. The van der Waals surface area contributed by atoms with Crippen molar-refractivity contribution in [1.29, 1.82) is 0 Å². The number of hydrogen-bond donors (Lipinski definition) is 1. The van der Waals surface area contributed by atoms with Crippen LogP contribution in [0.1, 0.15) is 17.5 Å². The lowest BCUT2D eigenvalue weighted by Gasteiger charge is -2.28. The number of anilines is 1. The van der Waals surface area contributed by atoms with E-state index in [0.29, 0.717) is 0 Å². The lowest BCUT2D eigenvalue weighted by Crippen LogP contribution is -2.44. The van der Waals surface area contributed by atoms with Crippen LogP contribution in [0.3, 0.4) is 0 Å². The number of benzene rings is 1. The summed E-state index contributed by atoms with van der Waals surface area (Å²) in [4.78, 5) is 18.7. The minimum absolute atomic E-state index is 0.856. The molecule has 1 saturated heterocycles. The van der Waals surface area contributed by atoms with Gasteiger partial charge in [0.25, 0.3) is 0 Å². The van der Waals surface area contributed by atoms with Gasteiger partial charge in [-0.1, -0.05) is 42.1 Å². The van der Waals surface area contributed by atoms with Gasteiger partial charge in [-0.2, -0.15) is 0 Å². The molecule has 1 N–H and O–H groups in total. The molecule has 0 saturated carbocycles. The summed E-state index contributed by atoms with van der Waals surface area (Å²) >= 11 is 3.40. The van der Waals surface area contributed by atoms with E-state index in [1.54, 1.807) is 23.1 Å². The Morgan fingerprint density at radius 1 is 1.00 bits per heavy atom. The molecule has 3 aromatic heterocycles. The Morgan fingerprint density at radius 2 is 1.80 bits per heavy atom. The number of thioether (sulfide) groups is 1. The van der Waals surface area contributed by atoms with Crippen molar-refractivity contribution in [3.63, 3.8) is 0 Å². The topological polar surface area (TPSA) is 53.9 Å². The molecule has 0 amide bonds. The maximum absolute atomic E-state index is 5.21. The highest BCUT2D eigenvalue weighted by molar-refractivity contribution is 7.98. The highest BCUT2D eigenvalue weighted by atomic mass is 32.2. The molecule has 152 valence electrons. The smallest absolute Gasteiger partial charge is 0.189 e. The number of hydrogen-bond acceptors (Lipinski definition) is 7. The van der Waals surface area contributed by atoms with Crippen LogP contribution < -0.4 is 10.2 Å². The summed E-state index contributed by atoms with van der Waals surface area (Å²) in [7, 11) is 0. The number of nitrogens with one attached hydrogen (secondary N) is 1. The maximum atomic E-state index is 5.21. The van der Waals surface area contributed by atoms with Crippen molar-refractivity contribution in [1.82, 2.24) is 20.3 Å². The van der Waals surface area contributed by atoms with Crippen LogP contribution >= 0.6 is 23.1 Å². The number of fused-ring (bicyclic) bond motifs is 5. The second-order valence-electron chi connectivity index (χ2n) is 7.87. The molecule has 2 aliphatic rings. The SMILES string of the molecule is CSc1nc(N2CCNCC2)c2sc3nc(-c4ccccc4)c4c(c3c2n1)CCC4. The molecule has 0 bridgehead atoms. The third kappa shape index (κ3) is 2.91. The van der Waals surface area contributed by atoms with Gasteiger partial charge >= 0.3 is 0 Å². The fourth-order valence-corrected chi connectivity index (χ4v) is 6.27. The molecule has 4 heterocycles. The average molecular weight is 434 g/mol. The first kappa shape index (κ1) is 18.5. The van der Waals surface area contributed by atoms with E-state index in [4.69, 9.17) is 15.0 Å². The van der Waals surface area contributed by atoms with Crippen LogP contribution in [-0.2, 0) is 12.8 Å². The van der Waals surface area contributed by atoms with Gasteiger partial charge in [0.1, 0.15) is 4.83 Å². The van der Waals surface area contributed by atoms with Gasteiger partial charge < -0.3 is 10.2 Å². The van der Waals surface area contributed by atoms with Gasteiger partial charge in [-0.15, -0.1) is 11.3 Å². The fourth-order valence-electron chi connectivity index (χ4n) is 4.75. The first-order chi connectivity index (χ1) is 14.8. The number of rotatable bonds is 3. The Bertz CT molecular complexity index is 1250. The van der Waals surface area contributed by atoms with Gasteiger partial charge in [-0.3, -0.25) is 0 Å². The summed E-state index contributed by atoms with van der Waals surface area (Å²) in [6, 6.07) is 10.6. The van der Waals surface area contributed by atoms with Crippen LogP contribution in [0.25, 0.3) is 31.7 Å². The van der Waals surface area contributed by atoms with Crippen molar-refractivity contribution in [2.24, 2.45) is 0 Å². The Labute approximate surface area is 183 Å². The molecule has 1 aliphatic heterocycles. The van der Waals surface area contributed by atoms with E-state index in [-0.39, 0.29) is 0 Å². The predicted octanol–water partition coefficient (Wildman–Crippen LogP) is 4.53. The number of thiophene rings is 1. The number of piperazine rings is 1. The van der Waals surface area contributed by atoms with Gasteiger partial charge in [0.2, 0.25) is 0 Å². The molecule has 1 aromatic carbocycles. The van der Waals surface area contributed by atoms with Crippen molar-refractivity contribution >= 4 is 49.3 Å². The summed E-state index contributed by atoms with van der Waals surface area (Å²) in [5.41, 5.74) is 6.36. The second kappa shape index (κ2) is 7.48. The lowest BCUT2D eigenvalue weighted by atomic mass is 10.0. The molecule has 7 heteroatoms. The number of aryl methyl sites for hydroxylation is 1. The van der Waals surface area contributed by atoms with Gasteiger partial charge in [-0.05, 0) is 36.6 Å². The standard InChI is InChI=1S/C23H23N5S2/c1-29-23-26-19-17-15-8-5-9-16(15)18(14-6-3-2-4-7-14)25-22(17)30-20(19)21(27-23)28-12-10-24-11-13-28/h2-4,6-7,24H,5,8-13H2,1H3. The van der Waals surface area contributed by atoms with Crippen molar-refractivity contribution in [2.75, 3.05) is 37.3 Å². The Hall–Kier alpha value is -2.22. The summed E-state index contributed by atoms with van der Waals surface area (Å²) in [6.45, 7) is 3.96. The molecule has 0 atom stereocenters. The normalized spacial score (nSPS) is 16.5. The van der Waals surface area contributed by atoms with E-state index in [1.165, 1.54) is 33.2 Å². The third-order valence-electron chi connectivity index (χ3n) is 6.14. The van der Waals surface area contributed by atoms with Crippen molar-refractivity contribution in [2.45, 2.75) is 24.4 Å². The number of pyridine rings is 1. The maximum Gasteiger partial charge on any atom is 0.189 e. The second-order valence-corrected chi connectivity index (χ2v) is 9.64. The van der Waals surface area contributed by atoms with Crippen LogP contribution in [0.4, 0.5) is 5.82 Å². The molecule has 0 unspecified atom stereocenters. The minimum atomic E-state index is 0.856. The largest absolute Gasteiger partial charge is 0.353 e. The first-order valence-corrected chi connectivity index (χ1v) is 12.6. The molecule has 5 nitrogen and oxygen atoms in total. The van der Waals surface area contributed by atoms with Crippen LogP contribution in [-0.4, -0.2) is 47.4 Å². The van der Waals surface area contributed by atoms with Crippen LogP contribution in [0.2, 0.25) is 0 Å². The van der Waals surface area contributed by atoms with E-state index in [1.807, 2.05) is 0 Å². The highest BCUT2D eigenvalue weighted by Gasteiger charge is 2.27. The average Bonchev–Trinajstić information content (AvgIpc) is 3.43. The molecule has 6 rings (SSSR count). The minimum Gasteiger partial charge on any atom is -0.353 e. The predicted molar refractivity (Wildman–Crippen MR) is 127 cm³/mol. The quantitative estimate of drug-likeness (QED) is 0.379. The van der Waals surface area contributed by atoms with E-state index >= 15 is 0 Å². The van der Waals surface area contributed by atoms with Crippen molar-refractivity contribution in [3.05, 3.63) is 41.5 Å². The summed E-state index contributed by atoms with van der Waals surface area (Å²) in [5.74, 6) is 1.09. The van der Waals surface area contributed by atoms with Crippen LogP contribution in [0.15, 0.2) is 35.5 Å². The van der Waals surface area contributed by atoms with Gasteiger partial charge in [0.15, 0.2) is 11.0 Å². The number of aromatic nitrogens is 3. The summed E-state index contributed by atoms with van der Waals surface area (Å²) in [5, 5.41) is 5.58. The van der Waals surface area contributed by atoms with Crippen molar-refractivity contribution < 1.29 is 0 Å². The Balaban J connectivity index is 1.65. The van der Waals surface area contributed by atoms with E-state index < -0.39 is 0 Å². The lowest BCUT2D eigenvalue weighted by molar-refractivity contribution is 0.584. The van der Waals surface area contributed by atoms with E-state index in [0.717, 1.165) is 66.0 Å². The number of nitrogens with zero attached hydrogens (tertiary/aromatic N) is 4. The fraction of sp³-hybridized carbons (Fsp3) is 0.348. The molecule has 0 radical (unpaired) electrons. The van der Waals surface area contributed by atoms with Crippen LogP contribution in [0.5, 0.6) is 0 Å². The molecule has 4 aromatic rings. The summed E-state index contributed by atoms with van der Waals surface area (Å²) < 4.78 is 1.19. The zero-order chi connectivity index (χ0) is 20.1. The molecule has 0 spiro atoms. The Morgan fingerprint density at radius 3 is 2.60 bits per heavy atom. The van der Waals surface area contributed by atoms with Gasteiger partial charge in [0, 0.05) is 37.1 Å². The van der Waals surface area contributed by atoms with Crippen LogP contribution in [0, 0.1) is 0 Å². The van der Waals surface area contributed by atoms with Crippen molar-refractivity contribution in [3.8, 4) is 11.3 Å². The molecule has 30 heavy (non-hydrogen) atoms. The van der Waals surface area contributed by atoms with Gasteiger partial charge in [-0.25, -0.2) is 15.0 Å². The molecular weight excluding hydrogens is 410 g/mol. The molecule has 1 fully saturated rings. The molecule has 1 aliphatic carbocycles. The third-order valence-corrected chi connectivity index (χ3v) is 7.76. The Kier molecular flexibility index (Phi) is 4.62. The van der Waals surface area contributed by atoms with Gasteiger partial charge in [0.05, 0.1) is 15.9 Å². The van der Waals surface area contributed by atoms with E-state index in [2.05, 4.69) is 46.8 Å².